The van der Waals surface area contributed by atoms with Crippen LogP contribution in [0, 0.1) is 0 Å². The first-order valence-corrected chi connectivity index (χ1v) is 11.5. The minimum atomic E-state index is -3.21. The molecule has 1 aromatic carbocycles. The maximum absolute atomic E-state index is 12.2. The van der Waals surface area contributed by atoms with Gasteiger partial charge in [-0.05, 0) is 39.7 Å². The number of benzene rings is 1. The van der Waals surface area contributed by atoms with Gasteiger partial charge in [-0.3, -0.25) is 4.79 Å². The smallest absolute Gasteiger partial charge is 0.271 e. The van der Waals surface area contributed by atoms with Crippen molar-refractivity contribution >= 4 is 54.3 Å². The van der Waals surface area contributed by atoms with Gasteiger partial charge in [0.15, 0.2) is 9.84 Å². The van der Waals surface area contributed by atoms with E-state index >= 15 is 0 Å². The van der Waals surface area contributed by atoms with E-state index in [1.807, 2.05) is 11.4 Å². The average Bonchev–Trinajstić information content (AvgIpc) is 3.21. The van der Waals surface area contributed by atoms with Crippen LogP contribution in [0.25, 0.3) is 9.88 Å². The Morgan fingerprint density at radius 1 is 1.20 bits per heavy atom. The second-order valence-electron chi connectivity index (χ2n) is 5.27. The van der Waals surface area contributed by atoms with Gasteiger partial charge in [-0.15, -0.1) is 22.7 Å². The van der Waals surface area contributed by atoms with Gasteiger partial charge in [-0.25, -0.2) is 13.4 Å². The van der Waals surface area contributed by atoms with E-state index in [1.54, 1.807) is 28.8 Å². The van der Waals surface area contributed by atoms with Crippen molar-refractivity contribution in [3.05, 3.63) is 56.8 Å². The molecule has 9 heteroatoms. The van der Waals surface area contributed by atoms with Gasteiger partial charge in [0.2, 0.25) is 0 Å². The second-order valence-corrected chi connectivity index (χ2v) is 9.97. The lowest BCUT2D eigenvalue weighted by atomic mass is 10.2. The molecule has 0 aliphatic carbocycles. The van der Waals surface area contributed by atoms with Crippen molar-refractivity contribution in [1.29, 1.82) is 0 Å². The fourth-order valence-corrected chi connectivity index (χ4v) is 4.98. The third-order valence-corrected chi connectivity index (χ3v) is 7.15. The van der Waals surface area contributed by atoms with Crippen molar-refractivity contribution in [1.82, 2.24) is 10.3 Å². The van der Waals surface area contributed by atoms with Crippen molar-refractivity contribution < 1.29 is 13.2 Å². The van der Waals surface area contributed by atoms with Crippen LogP contribution in [0.2, 0.25) is 0 Å². The minimum Gasteiger partial charge on any atom is -0.347 e. The predicted octanol–water partition coefficient (Wildman–Crippen LogP) is 3.97. The number of thiophene rings is 1. The fraction of sp³-hybridized carbons (Fsp3) is 0.125. The van der Waals surface area contributed by atoms with E-state index in [2.05, 4.69) is 26.2 Å². The number of aromatic nitrogens is 1. The van der Waals surface area contributed by atoms with Crippen LogP contribution < -0.4 is 5.32 Å². The van der Waals surface area contributed by atoms with Crippen LogP contribution in [0.3, 0.4) is 0 Å². The van der Waals surface area contributed by atoms with Gasteiger partial charge in [0, 0.05) is 28.0 Å². The highest BCUT2D eigenvalue weighted by Crippen LogP contribution is 2.31. The first-order valence-electron chi connectivity index (χ1n) is 7.10. The van der Waals surface area contributed by atoms with Crippen molar-refractivity contribution in [2.24, 2.45) is 0 Å². The highest BCUT2D eigenvalue weighted by atomic mass is 79.9. The molecule has 5 nitrogen and oxygen atoms in total. The van der Waals surface area contributed by atoms with Gasteiger partial charge in [-0.2, -0.15) is 0 Å². The number of halogens is 1. The maximum Gasteiger partial charge on any atom is 0.271 e. The number of hydrogen-bond donors (Lipinski definition) is 1. The molecule has 2 heterocycles. The summed E-state index contributed by atoms with van der Waals surface area (Å²) in [5.41, 5.74) is 1.19. The van der Waals surface area contributed by atoms with Gasteiger partial charge < -0.3 is 5.32 Å². The number of hydrogen-bond acceptors (Lipinski definition) is 6. The Labute approximate surface area is 161 Å². The Balaban J connectivity index is 1.64. The summed E-state index contributed by atoms with van der Waals surface area (Å²) in [4.78, 5) is 17.9. The zero-order valence-corrected chi connectivity index (χ0v) is 17.1. The number of nitrogens with one attached hydrogen (secondary N) is 1. The lowest BCUT2D eigenvalue weighted by Crippen LogP contribution is -2.23. The molecule has 0 radical (unpaired) electrons. The van der Waals surface area contributed by atoms with Crippen LogP contribution in [0.4, 0.5) is 0 Å². The SMILES string of the molecule is CS(=O)(=O)c1ccc(CNC(=O)c2csc(-c3cc(Br)cs3)n2)cc1. The summed E-state index contributed by atoms with van der Waals surface area (Å²) in [6.45, 7) is 0.306. The standard InChI is InChI=1S/C16H13BrN2O3S3/c1-25(21,22)12-4-2-10(3-5-12)7-18-15(20)13-9-24-16(19-13)14-6-11(17)8-23-14/h2-6,8-9H,7H2,1H3,(H,18,20). The zero-order valence-electron chi connectivity index (χ0n) is 13.0. The minimum absolute atomic E-state index is 0.258. The third kappa shape index (κ3) is 4.55. The molecule has 0 atom stereocenters. The summed E-state index contributed by atoms with van der Waals surface area (Å²) in [5.74, 6) is -0.259. The molecule has 0 aliphatic rings. The van der Waals surface area contributed by atoms with Gasteiger partial charge in [0.05, 0.1) is 9.77 Å². The molecule has 0 fully saturated rings. The molecule has 0 aliphatic heterocycles. The van der Waals surface area contributed by atoms with Crippen LogP contribution in [-0.4, -0.2) is 25.6 Å². The molecule has 1 N–H and O–H groups in total. The van der Waals surface area contributed by atoms with E-state index in [9.17, 15) is 13.2 Å². The van der Waals surface area contributed by atoms with Crippen LogP contribution in [-0.2, 0) is 16.4 Å². The summed E-state index contributed by atoms with van der Waals surface area (Å²) in [6, 6.07) is 8.41. The largest absolute Gasteiger partial charge is 0.347 e. The van der Waals surface area contributed by atoms with Crippen LogP contribution in [0.15, 0.2) is 50.5 Å². The number of carbonyl (C=O) groups excluding carboxylic acids is 1. The molecule has 2 aromatic heterocycles. The Kier molecular flexibility index (Phi) is 5.38. The first-order chi connectivity index (χ1) is 11.8. The Hall–Kier alpha value is -1.55. The quantitative estimate of drug-likeness (QED) is 0.629. The number of amides is 1. The van der Waals surface area contributed by atoms with E-state index in [-0.39, 0.29) is 10.8 Å². The molecule has 25 heavy (non-hydrogen) atoms. The lowest BCUT2D eigenvalue weighted by molar-refractivity contribution is 0.0946. The van der Waals surface area contributed by atoms with E-state index in [0.29, 0.717) is 12.2 Å². The summed E-state index contributed by atoms with van der Waals surface area (Å²) in [6.07, 6.45) is 1.16. The molecule has 0 saturated carbocycles. The molecule has 3 rings (SSSR count). The zero-order chi connectivity index (χ0) is 18.0. The van der Waals surface area contributed by atoms with Crippen LogP contribution in [0.5, 0.6) is 0 Å². The molecular formula is C16H13BrN2O3S3. The molecule has 0 bridgehead atoms. The van der Waals surface area contributed by atoms with Crippen LogP contribution >= 0.6 is 38.6 Å². The van der Waals surface area contributed by atoms with Crippen molar-refractivity contribution in [3.8, 4) is 9.88 Å². The second kappa shape index (κ2) is 7.36. The third-order valence-electron chi connectivity index (χ3n) is 3.32. The Morgan fingerprint density at radius 2 is 1.92 bits per heavy atom. The molecular weight excluding hydrogens is 444 g/mol. The molecule has 0 spiro atoms. The van der Waals surface area contributed by atoms with Crippen molar-refractivity contribution in [2.45, 2.75) is 11.4 Å². The molecule has 0 saturated heterocycles. The molecule has 130 valence electrons. The Bertz CT molecular complexity index is 1010. The topological polar surface area (TPSA) is 76.1 Å². The first kappa shape index (κ1) is 18.2. The summed E-state index contributed by atoms with van der Waals surface area (Å²) < 4.78 is 23.9. The van der Waals surface area contributed by atoms with Crippen molar-refractivity contribution in [3.63, 3.8) is 0 Å². The van der Waals surface area contributed by atoms with Crippen LogP contribution in [0.1, 0.15) is 16.1 Å². The normalized spacial score (nSPS) is 11.4. The van der Waals surface area contributed by atoms with Gasteiger partial charge in [0.1, 0.15) is 10.7 Å². The number of carbonyl (C=O) groups is 1. The van der Waals surface area contributed by atoms with Gasteiger partial charge in [0.25, 0.3) is 5.91 Å². The fourth-order valence-electron chi connectivity index (χ4n) is 2.04. The summed E-state index contributed by atoms with van der Waals surface area (Å²) in [5, 5.41) is 7.29. The van der Waals surface area contributed by atoms with Gasteiger partial charge in [-0.1, -0.05) is 12.1 Å². The van der Waals surface area contributed by atoms with E-state index < -0.39 is 9.84 Å². The van der Waals surface area contributed by atoms with E-state index in [4.69, 9.17) is 0 Å². The maximum atomic E-state index is 12.2. The highest BCUT2D eigenvalue weighted by molar-refractivity contribution is 9.10. The molecule has 3 aromatic rings. The lowest BCUT2D eigenvalue weighted by Gasteiger charge is -2.04. The Morgan fingerprint density at radius 3 is 2.52 bits per heavy atom. The predicted molar refractivity (Wildman–Crippen MR) is 104 cm³/mol. The summed E-state index contributed by atoms with van der Waals surface area (Å²) in [7, 11) is -3.21. The number of nitrogens with zero attached hydrogens (tertiary/aromatic N) is 1. The molecule has 1 amide bonds. The number of rotatable bonds is 5. The van der Waals surface area contributed by atoms with E-state index in [1.165, 1.54) is 23.5 Å². The van der Waals surface area contributed by atoms with Crippen molar-refractivity contribution in [2.75, 3.05) is 6.26 Å². The highest BCUT2D eigenvalue weighted by Gasteiger charge is 2.13. The summed E-state index contributed by atoms with van der Waals surface area (Å²) >= 11 is 6.39. The van der Waals surface area contributed by atoms with E-state index in [0.717, 1.165) is 26.2 Å². The van der Waals surface area contributed by atoms with Gasteiger partial charge >= 0.3 is 0 Å². The number of sulfone groups is 1. The molecule has 0 unspecified atom stereocenters. The average molecular weight is 457 g/mol. The number of thiazole rings is 1. The monoisotopic (exact) mass is 456 g/mol.